The van der Waals surface area contributed by atoms with Crippen molar-refractivity contribution < 1.29 is 14.5 Å². The number of benzene rings is 1. The third-order valence-electron chi connectivity index (χ3n) is 4.45. The van der Waals surface area contributed by atoms with E-state index in [4.69, 9.17) is 0 Å². The number of carbonyl (C=O) groups excluding carboxylic acids is 2. The summed E-state index contributed by atoms with van der Waals surface area (Å²) in [5, 5.41) is 10.8. The highest BCUT2D eigenvalue weighted by Crippen LogP contribution is 2.31. The Balaban J connectivity index is 1.64. The van der Waals surface area contributed by atoms with Gasteiger partial charge in [0.1, 0.15) is 0 Å². The van der Waals surface area contributed by atoms with Gasteiger partial charge in [-0.25, -0.2) is 0 Å². The van der Waals surface area contributed by atoms with Crippen LogP contribution in [0.25, 0.3) is 0 Å². The normalized spacial score (nSPS) is 18.0. The number of rotatable bonds is 3. The van der Waals surface area contributed by atoms with Crippen LogP contribution in [0.2, 0.25) is 0 Å². The van der Waals surface area contributed by atoms with E-state index in [-0.39, 0.29) is 23.4 Å². The topological polar surface area (TPSA) is 83.8 Å². The molecule has 3 rings (SSSR count). The second-order valence-corrected chi connectivity index (χ2v) is 6.15. The summed E-state index contributed by atoms with van der Waals surface area (Å²) in [5.41, 5.74) is 0.944. The van der Waals surface area contributed by atoms with Gasteiger partial charge in [0, 0.05) is 49.3 Å². The van der Waals surface area contributed by atoms with Crippen LogP contribution in [0.1, 0.15) is 28.8 Å². The lowest BCUT2D eigenvalue weighted by molar-refractivity contribution is -0.385. The second-order valence-electron chi connectivity index (χ2n) is 6.15. The Hall–Kier alpha value is -2.44. The molecule has 1 saturated heterocycles. The minimum absolute atomic E-state index is 0.0152. The van der Waals surface area contributed by atoms with Gasteiger partial charge < -0.3 is 9.80 Å². The molecule has 0 unspecified atom stereocenters. The van der Waals surface area contributed by atoms with E-state index in [0.717, 1.165) is 12.8 Å². The minimum Gasteiger partial charge on any atom is -0.339 e. The van der Waals surface area contributed by atoms with E-state index in [0.29, 0.717) is 37.3 Å². The molecule has 7 heteroatoms. The molecule has 0 spiro atoms. The first-order valence-corrected chi connectivity index (χ1v) is 7.80. The number of hydrogen-bond acceptors (Lipinski definition) is 4. The molecule has 2 aliphatic rings. The number of nitro groups is 1. The van der Waals surface area contributed by atoms with Crippen LogP contribution in [-0.4, -0.2) is 52.7 Å². The van der Waals surface area contributed by atoms with Gasteiger partial charge in [0.05, 0.1) is 4.92 Å². The van der Waals surface area contributed by atoms with Crippen LogP contribution in [0.15, 0.2) is 18.2 Å². The van der Waals surface area contributed by atoms with Crippen LogP contribution < -0.4 is 0 Å². The molecule has 1 saturated carbocycles. The average Bonchev–Trinajstić information content (AvgIpc) is 3.38. The van der Waals surface area contributed by atoms with Crippen molar-refractivity contribution in [2.45, 2.75) is 19.8 Å². The Kier molecular flexibility index (Phi) is 4.02. The van der Waals surface area contributed by atoms with E-state index in [9.17, 15) is 19.7 Å². The molecule has 1 aliphatic heterocycles. The molecule has 2 amide bonds. The Morgan fingerprint density at radius 2 is 1.74 bits per heavy atom. The molecule has 2 fully saturated rings. The maximum Gasteiger partial charge on any atom is 0.272 e. The summed E-state index contributed by atoms with van der Waals surface area (Å²) in [6, 6.07) is 4.42. The number of carbonyl (C=O) groups is 2. The maximum atomic E-state index is 12.5. The smallest absolute Gasteiger partial charge is 0.272 e. The van der Waals surface area contributed by atoms with Crippen molar-refractivity contribution >= 4 is 17.5 Å². The first-order valence-electron chi connectivity index (χ1n) is 7.80. The van der Waals surface area contributed by atoms with Crippen molar-refractivity contribution in [2.75, 3.05) is 26.2 Å². The fraction of sp³-hybridized carbons (Fsp3) is 0.500. The molecule has 1 aliphatic carbocycles. The summed E-state index contributed by atoms with van der Waals surface area (Å²) in [4.78, 5) is 38.4. The van der Waals surface area contributed by atoms with Gasteiger partial charge in [-0.3, -0.25) is 19.7 Å². The van der Waals surface area contributed by atoms with Crippen molar-refractivity contribution in [2.24, 2.45) is 5.92 Å². The molecule has 0 atom stereocenters. The van der Waals surface area contributed by atoms with Gasteiger partial charge in [0.2, 0.25) is 5.91 Å². The van der Waals surface area contributed by atoms with Crippen molar-refractivity contribution in [3.05, 3.63) is 39.4 Å². The molecule has 1 aromatic rings. The zero-order valence-electron chi connectivity index (χ0n) is 13.0. The van der Waals surface area contributed by atoms with Crippen LogP contribution in [-0.2, 0) is 4.79 Å². The SMILES string of the molecule is Cc1cc(C(=O)N2CCN(C(=O)C3CC3)CC2)ccc1[N+](=O)[O-]. The molecule has 7 nitrogen and oxygen atoms in total. The molecule has 1 aromatic carbocycles. The van der Waals surface area contributed by atoms with Gasteiger partial charge >= 0.3 is 0 Å². The Morgan fingerprint density at radius 3 is 2.26 bits per heavy atom. The van der Waals surface area contributed by atoms with E-state index < -0.39 is 4.92 Å². The summed E-state index contributed by atoms with van der Waals surface area (Å²) in [5.74, 6) is 0.277. The fourth-order valence-corrected chi connectivity index (χ4v) is 2.89. The van der Waals surface area contributed by atoms with Crippen LogP contribution in [0.3, 0.4) is 0 Å². The van der Waals surface area contributed by atoms with Gasteiger partial charge in [-0.15, -0.1) is 0 Å². The number of aryl methyl sites for hydroxylation is 1. The minimum atomic E-state index is -0.453. The summed E-state index contributed by atoms with van der Waals surface area (Å²) in [6.45, 7) is 3.77. The lowest BCUT2D eigenvalue weighted by Crippen LogP contribution is -2.51. The van der Waals surface area contributed by atoms with Crippen molar-refractivity contribution in [1.29, 1.82) is 0 Å². The molecule has 23 heavy (non-hydrogen) atoms. The molecule has 1 heterocycles. The lowest BCUT2D eigenvalue weighted by atomic mass is 10.1. The number of nitrogens with zero attached hydrogens (tertiary/aromatic N) is 3. The van der Waals surface area contributed by atoms with Gasteiger partial charge in [0.25, 0.3) is 11.6 Å². The number of piperazine rings is 1. The Morgan fingerprint density at radius 1 is 1.13 bits per heavy atom. The van der Waals surface area contributed by atoms with Gasteiger partial charge in [-0.1, -0.05) is 0 Å². The molecule has 0 radical (unpaired) electrons. The predicted molar refractivity (Wildman–Crippen MR) is 83.0 cm³/mol. The van der Waals surface area contributed by atoms with E-state index in [2.05, 4.69) is 0 Å². The van der Waals surface area contributed by atoms with Gasteiger partial charge in [-0.05, 0) is 31.9 Å². The van der Waals surface area contributed by atoms with Gasteiger partial charge in [-0.2, -0.15) is 0 Å². The van der Waals surface area contributed by atoms with E-state index in [1.807, 2.05) is 4.90 Å². The van der Waals surface area contributed by atoms with Crippen LogP contribution in [0.4, 0.5) is 5.69 Å². The molecule has 0 bridgehead atoms. The largest absolute Gasteiger partial charge is 0.339 e. The second kappa shape index (κ2) is 5.98. The third kappa shape index (κ3) is 3.18. The maximum absolute atomic E-state index is 12.5. The quantitative estimate of drug-likeness (QED) is 0.626. The fourth-order valence-electron chi connectivity index (χ4n) is 2.89. The van der Waals surface area contributed by atoms with E-state index in [1.54, 1.807) is 17.9 Å². The Bertz CT molecular complexity index is 661. The Labute approximate surface area is 134 Å². The molecular formula is C16H19N3O4. The zero-order chi connectivity index (χ0) is 16.6. The summed E-state index contributed by atoms with van der Waals surface area (Å²) >= 11 is 0. The van der Waals surface area contributed by atoms with Gasteiger partial charge in [0.15, 0.2) is 0 Å². The van der Waals surface area contributed by atoms with Crippen molar-refractivity contribution in [3.63, 3.8) is 0 Å². The van der Waals surface area contributed by atoms with Crippen LogP contribution in [0, 0.1) is 23.0 Å². The first-order chi connectivity index (χ1) is 11.0. The monoisotopic (exact) mass is 317 g/mol. The first kappa shape index (κ1) is 15.5. The highest BCUT2D eigenvalue weighted by molar-refractivity contribution is 5.95. The van der Waals surface area contributed by atoms with Crippen LogP contribution >= 0.6 is 0 Å². The highest BCUT2D eigenvalue weighted by Gasteiger charge is 2.35. The average molecular weight is 317 g/mol. The molecule has 0 aromatic heterocycles. The zero-order valence-corrected chi connectivity index (χ0v) is 13.0. The molecule has 122 valence electrons. The molecular weight excluding hydrogens is 298 g/mol. The number of amides is 2. The third-order valence-corrected chi connectivity index (χ3v) is 4.45. The van der Waals surface area contributed by atoms with E-state index >= 15 is 0 Å². The summed E-state index contributed by atoms with van der Waals surface area (Å²) in [7, 11) is 0. The summed E-state index contributed by atoms with van der Waals surface area (Å²) < 4.78 is 0. The van der Waals surface area contributed by atoms with E-state index in [1.165, 1.54) is 12.1 Å². The summed E-state index contributed by atoms with van der Waals surface area (Å²) in [6.07, 6.45) is 1.97. The van der Waals surface area contributed by atoms with Crippen LogP contribution in [0.5, 0.6) is 0 Å². The molecule has 0 N–H and O–H groups in total. The standard InChI is InChI=1S/C16H19N3O4/c1-11-10-13(4-5-14(11)19(22)23)16(21)18-8-6-17(7-9-18)15(20)12-2-3-12/h4-5,10,12H,2-3,6-9H2,1H3. The number of nitro benzene ring substituents is 1. The van der Waals surface area contributed by atoms with Crippen molar-refractivity contribution in [3.8, 4) is 0 Å². The predicted octanol–water partition coefficient (Wildman–Crippen LogP) is 1.60. The van der Waals surface area contributed by atoms with Crippen molar-refractivity contribution in [1.82, 2.24) is 9.80 Å². The lowest BCUT2D eigenvalue weighted by Gasteiger charge is -2.35. The highest BCUT2D eigenvalue weighted by atomic mass is 16.6. The number of hydrogen-bond donors (Lipinski definition) is 0.